The van der Waals surface area contributed by atoms with Crippen LogP contribution in [0.4, 0.5) is 4.39 Å². The van der Waals surface area contributed by atoms with Gasteiger partial charge in [0.2, 0.25) is 0 Å². The molecule has 1 amide bonds. The maximum Gasteiger partial charge on any atom is 0.287 e. The number of benzene rings is 1. The van der Waals surface area contributed by atoms with E-state index in [2.05, 4.69) is 5.32 Å². The van der Waals surface area contributed by atoms with Gasteiger partial charge in [-0.25, -0.2) is 4.39 Å². The average molecular weight is 247 g/mol. The normalized spacial score (nSPS) is 11.3. The first-order chi connectivity index (χ1) is 8.49. The number of hydrogen-bond donors (Lipinski definition) is 1. The molecule has 94 valence electrons. The van der Waals surface area contributed by atoms with Gasteiger partial charge in [0.15, 0.2) is 5.76 Å². The summed E-state index contributed by atoms with van der Waals surface area (Å²) in [4.78, 5) is 11.9. The lowest BCUT2D eigenvalue weighted by molar-refractivity contribution is 0.0883. The van der Waals surface area contributed by atoms with Crippen LogP contribution in [0.15, 0.2) is 47.1 Å². The fraction of sp³-hybridized carbons (Fsp3) is 0.214. The number of rotatable bonds is 3. The third-order valence-electron chi connectivity index (χ3n) is 2.72. The highest BCUT2D eigenvalue weighted by atomic mass is 19.1. The van der Waals surface area contributed by atoms with E-state index in [4.69, 9.17) is 4.42 Å². The molecule has 4 heteroatoms. The highest BCUT2D eigenvalue weighted by Gasteiger charge is 2.24. The zero-order chi connectivity index (χ0) is 13.2. The Labute approximate surface area is 105 Å². The van der Waals surface area contributed by atoms with E-state index < -0.39 is 5.54 Å². The van der Waals surface area contributed by atoms with E-state index >= 15 is 0 Å². The number of hydrogen-bond acceptors (Lipinski definition) is 2. The largest absolute Gasteiger partial charge is 0.459 e. The van der Waals surface area contributed by atoms with Crippen molar-refractivity contribution in [2.24, 2.45) is 0 Å². The molecule has 0 unspecified atom stereocenters. The second kappa shape index (κ2) is 4.64. The highest BCUT2D eigenvalue weighted by Crippen LogP contribution is 2.21. The van der Waals surface area contributed by atoms with Crippen molar-refractivity contribution in [3.8, 4) is 0 Å². The number of furan rings is 1. The molecule has 0 saturated heterocycles. The third kappa shape index (κ3) is 2.59. The van der Waals surface area contributed by atoms with E-state index in [1.807, 2.05) is 13.8 Å². The molecule has 0 aliphatic carbocycles. The van der Waals surface area contributed by atoms with Crippen LogP contribution in [0.5, 0.6) is 0 Å². The van der Waals surface area contributed by atoms with Crippen molar-refractivity contribution in [3.63, 3.8) is 0 Å². The van der Waals surface area contributed by atoms with Gasteiger partial charge in [-0.2, -0.15) is 0 Å². The zero-order valence-corrected chi connectivity index (χ0v) is 10.2. The van der Waals surface area contributed by atoms with Gasteiger partial charge in [-0.3, -0.25) is 4.79 Å². The summed E-state index contributed by atoms with van der Waals surface area (Å²) in [6.45, 7) is 3.62. The summed E-state index contributed by atoms with van der Waals surface area (Å²) in [5.74, 6) is -0.415. The summed E-state index contributed by atoms with van der Waals surface area (Å²) in [5.41, 5.74) is 0.0220. The molecule has 1 aromatic heterocycles. The van der Waals surface area contributed by atoms with Gasteiger partial charge >= 0.3 is 0 Å². The molecular weight excluding hydrogens is 233 g/mol. The first kappa shape index (κ1) is 12.4. The molecule has 0 atom stereocenters. The summed E-state index contributed by atoms with van der Waals surface area (Å²) in [5, 5.41) is 2.80. The van der Waals surface area contributed by atoms with Gasteiger partial charge in [-0.05, 0) is 43.7 Å². The van der Waals surface area contributed by atoms with Gasteiger partial charge in [0.05, 0.1) is 11.8 Å². The molecule has 18 heavy (non-hydrogen) atoms. The van der Waals surface area contributed by atoms with Crippen molar-refractivity contribution in [3.05, 3.63) is 59.8 Å². The van der Waals surface area contributed by atoms with Crippen LogP contribution in [0.2, 0.25) is 0 Å². The number of nitrogens with one attached hydrogen (secondary N) is 1. The Morgan fingerprint density at radius 3 is 2.67 bits per heavy atom. The molecule has 0 saturated carbocycles. The zero-order valence-electron chi connectivity index (χ0n) is 10.2. The lowest BCUT2D eigenvalue weighted by Gasteiger charge is -2.26. The van der Waals surface area contributed by atoms with Crippen molar-refractivity contribution in [2.75, 3.05) is 0 Å². The molecule has 1 N–H and O–H groups in total. The maximum atomic E-state index is 13.2. The Kier molecular flexibility index (Phi) is 3.19. The number of halogens is 1. The van der Waals surface area contributed by atoms with Crippen LogP contribution in [-0.4, -0.2) is 5.91 Å². The van der Waals surface area contributed by atoms with E-state index in [-0.39, 0.29) is 17.5 Å². The molecule has 3 nitrogen and oxygen atoms in total. The summed E-state index contributed by atoms with van der Waals surface area (Å²) in [6.07, 6.45) is 1.43. The van der Waals surface area contributed by atoms with Crippen LogP contribution in [0.3, 0.4) is 0 Å². The predicted octanol–water partition coefficient (Wildman–Crippen LogP) is 3.08. The van der Waals surface area contributed by atoms with Crippen molar-refractivity contribution in [1.29, 1.82) is 0 Å². The van der Waals surface area contributed by atoms with Crippen LogP contribution >= 0.6 is 0 Å². The minimum atomic E-state index is -0.675. The van der Waals surface area contributed by atoms with Gasteiger partial charge in [-0.1, -0.05) is 12.1 Å². The Bertz CT molecular complexity index is 547. The van der Waals surface area contributed by atoms with Gasteiger partial charge in [0.1, 0.15) is 5.82 Å². The minimum absolute atomic E-state index is 0.236. The van der Waals surface area contributed by atoms with E-state index in [9.17, 15) is 9.18 Å². The van der Waals surface area contributed by atoms with Crippen molar-refractivity contribution >= 4 is 5.91 Å². The van der Waals surface area contributed by atoms with Crippen molar-refractivity contribution in [2.45, 2.75) is 19.4 Å². The summed E-state index contributed by atoms with van der Waals surface area (Å²) in [6, 6.07) is 9.38. The molecule has 1 aromatic carbocycles. The Morgan fingerprint density at radius 1 is 1.28 bits per heavy atom. The van der Waals surface area contributed by atoms with Crippen LogP contribution in [-0.2, 0) is 5.54 Å². The molecule has 0 spiro atoms. The molecule has 2 rings (SSSR count). The number of amides is 1. The predicted molar refractivity (Wildman–Crippen MR) is 65.6 cm³/mol. The quantitative estimate of drug-likeness (QED) is 0.905. The molecule has 1 heterocycles. The van der Waals surface area contributed by atoms with E-state index in [1.165, 1.54) is 18.4 Å². The number of carbonyl (C=O) groups is 1. The van der Waals surface area contributed by atoms with Crippen LogP contribution in [0.25, 0.3) is 0 Å². The molecular formula is C14H14FNO2. The average Bonchev–Trinajstić information content (AvgIpc) is 2.82. The minimum Gasteiger partial charge on any atom is -0.459 e. The SMILES string of the molecule is CC(C)(NC(=O)c1ccco1)c1cccc(F)c1. The second-order valence-corrected chi connectivity index (χ2v) is 4.57. The fourth-order valence-corrected chi connectivity index (χ4v) is 1.70. The molecule has 0 bridgehead atoms. The first-order valence-corrected chi connectivity index (χ1v) is 5.61. The van der Waals surface area contributed by atoms with E-state index in [0.29, 0.717) is 5.56 Å². The van der Waals surface area contributed by atoms with Gasteiger partial charge in [-0.15, -0.1) is 0 Å². The lowest BCUT2D eigenvalue weighted by atomic mass is 9.94. The van der Waals surface area contributed by atoms with Gasteiger partial charge in [0, 0.05) is 0 Å². The van der Waals surface area contributed by atoms with E-state index in [0.717, 1.165) is 0 Å². The number of carbonyl (C=O) groups excluding carboxylic acids is 1. The Morgan fingerprint density at radius 2 is 2.06 bits per heavy atom. The van der Waals surface area contributed by atoms with E-state index in [1.54, 1.807) is 24.3 Å². The molecule has 0 fully saturated rings. The van der Waals surface area contributed by atoms with Crippen LogP contribution < -0.4 is 5.32 Å². The standard InChI is InChI=1S/C14H14FNO2/c1-14(2,10-5-3-6-11(15)9-10)16-13(17)12-7-4-8-18-12/h3-9H,1-2H3,(H,16,17). The van der Waals surface area contributed by atoms with Gasteiger partial charge < -0.3 is 9.73 Å². The summed E-state index contributed by atoms with van der Waals surface area (Å²) in [7, 11) is 0. The summed E-state index contributed by atoms with van der Waals surface area (Å²) < 4.78 is 18.2. The third-order valence-corrected chi connectivity index (χ3v) is 2.72. The molecule has 0 radical (unpaired) electrons. The topological polar surface area (TPSA) is 42.2 Å². The lowest BCUT2D eigenvalue weighted by Crippen LogP contribution is -2.40. The van der Waals surface area contributed by atoms with Gasteiger partial charge in [0.25, 0.3) is 5.91 Å². The first-order valence-electron chi connectivity index (χ1n) is 5.61. The fourth-order valence-electron chi connectivity index (χ4n) is 1.70. The monoisotopic (exact) mass is 247 g/mol. The second-order valence-electron chi connectivity index (χ2n) is 4.57. The molecule has 2 aromatic rings. The van der Waals surface area contributed by atoms with Crippen LogP contribution in [0, 0.1) is 5.82 Å². The maximum absolute atomic E-state index is 13.2. The molecule has 0 aliphatic heterocycles. The summed E-state index contributed by atoms with van der Waals surface area (Å²) >= 11 is 0. The molecule has 0 aliphatic rings. The Hall–Kier alpha value is -2.10. The van der Waals surface area contributed by atoms with Crippen molar-refractivity contribution in [1.82, 2.24) is 5.32 Å². The van der Waals surface area contributed by atoms with Crippen molar-refractivity contribution < 1.29 is 13.6 Å². The smallest absolute Gasteiger partial charge is 0.287 e. The Balaban J connectivity index is 2.19. The highest BCUT2D eigenvalue weighted by molar-refractivity contribution is 5.91. The van der Waals surface area contributed by atoms with Crippen LogP contribution in [0.1, 0.15) is 30.0 Å².